The number of rotatable bonds is 7. The van der Waals surface area contributed by atoms with Crippen molar-refractivity contribution in [2.75, 3.05) is 20.2 Å². The molecular formula is C33H37ClN2O4. The summed E-state index contributed by atoms with van der Waals surface area (Å²) in [4.78, 5) is 19.2. The van der Waals surface area contributed by atoms with Crippen LogP contribution in [0.15, 0.2) is 60.8 Å². The van der Waals surface area contributed by atoms with E-state index in [9.17, 15) is 9.90 Å². The lowest BCUT2D eigenvalue weighted by atomic mass is 9.89. The van der Waals surface area contributed by atoms with Gasteiger partial charge in [-0.2, -0.15) is 0 Å². The van der Waals surface area contributed by atoms with Crippen LogP contribution in [0.25, 0.3) is 11.1 Å². The molecule has 1 aromatic heterocycles. The second-order valence-electron chi connectivity index (χ2n) is 11.7. The number of benzene rings is 2. The Morgan fingerprint density at radius 1 is 1.10 bits per heavy atom. The highest BCUT2D eigenvalue weighted by atomic mass is 35.5. The highest BCUT2D eigenvalue weighted by Crippen LogP contribution is 2.41. The van der Waals surface area contributed by atoms with Crippen molar-refractivity contribution in [2.24, 2.45) is 5.92 Å². The number of ether oxygens (including phenoxy) is 2. The van der Waals surface area contributed by atoms with Crippen LogP contribution in [0.2, 0.25) is 5.02 Å². The Balaban J connectivity index is 1.43. The van der Waals surface area contributed by atoms with Crippen LogP contribution in [0.1, 0.15) is 71.9 Å². The molecule has 1 aliphatic carbocycles. The molecule has 1 N–H and O–H groups in total. The predicted molar refractivity (Wildman–Crippen MR) is 158 cm³/mol. The second kappa shape index (κ2) is 11.8. The molecule has 1 atom stereocenters. The molecular weight excluding hydrogens is 524 g/mol. The minimum Gasteiger partial charge on any atom is -0.465 e. The first-order chi connectivity index (χ1) is 19.1. The summed E-state index contributed by atoms with van der Waals surface area (Å²) in [5.74, 6) is 0.109. The smallest absolute Gasteiger partial charge is 0.337 e. The number of pyridine rings is 1. The molecule has 2 aromatic carbocycles. The molecule has 0 radical (unpaired) electrons. The van der Waals surface area contributed by atoms with E-state index >= 15 is 0 Å². The number of hydrogen-bond donors (Lipinski definition) is 1. The molecule has 0 amide bonds. The van der Waals surface area contributed by atoms with Crippen molar-refractivity contribution in [3.05, 3.63) is 99.3 Å². The van der Waals surface area contributed by atoms with Gasteiger partial charge in [-0.3, -0.25) is 9.88 Å². The van der Waals surface area contributed by atoms with Gasteiger partial charge in [-0.15, -0.1) is 0 Å². The maximum atomic E-state index is 12.3. The monoisotopic (exact) mass is 560 g/mol. The number of carbonyl (C=O) groups is 1. The fraction of sp³-hybridized carbons (Fsp3) is 0.394. The van der Waals surface area contributed by atoms with Gasteiger partial charge in [-0.1, -0.05) is 41.9 Å². The SMILES string of the molecule is COC(=O)c1ccc2c(c1)CCCC(c1ccccc1Cl)=C2c1ccc(CC2CN(C(O)OC(C)(C)C)C2)cn1. The molecule has 0 bridgehead atoms. The van der Waals surface area contributed by atoms with Crippen LogP contribution in [0.4, 0.5) is 0 Å². The summed E-state index contributed by atoms with van der Waals surface area (Å²) in [6.45, 7) is 7.40. The van der Waals surface area contributed by atoms with E-state index in [4.69, 9.17) is 26.1 Å². The van der Waals surface area contributed by atoms with Crippen molar-refractivity contribution in [3.63, 3.8) is 0 Å². The van der Waals surface area contributed by atoms with Gasteiger partial charge >= 0.3 is 5.97 Å². The number of hydrogen-bond acceptors (Lipinski definition) is 6. The van der Waals surface area contributed by atoms with Crippen molar-refractivity contribution in [2.45, 2.75) is 58.5 Å². The molecule has 1 aliphatic heterocycles. The molecule has 7 heteroatoms. The molecule has 0 saturated carbocycles. The van der Waals surface area contributed by atoms with Crippen molar-refractivity contribution in [3.8, 4) is 0 Å². The number of methoxy groups -OCH3 is 1. The number of aliphatic hydroxyl groups excluding tert-OH is 1. The van der Waals surface area contributed by atoms with E-state index < -0.39 is 6.41 Å². The molecule has 1 saturated heterocycles. The first kappa shape index (κ1) is 28.5. The van der Waals surface area contributed by atoms with Gasteiger partial charge in [0.05, 0.1) is 24.0 Å². The normalized spacial score (nSPS) is 17.1. The van der Waals surface area contributed by atoms with Gasteiger partial charge in [0, 0.05) is 29.9 Å². The Morgan fingerprint density at radius 2 is 1.88 bits per heavy atom. The van der Waals surface area contributed by atoms with Crippen molar-refractivity contribution in [1.29, 1.82) is 0 Å². The first-order valence-corrected chi connectivity index (χ1v) is 14.3. The number of halogens is 1. The average molecular weight is 561 g/mol. The molecule has 5 rings (SSSR count). The van der Waals surface area contributed by atoms with Gasteiger partial charge in [-0.25, -0.2) is 4.79 Å². The standard InChI is InChI=1S/C33H37ClN2O4/c1-33(2,3)40-32(38)36-19-22(20-36)16-21-12-15-29(35-18-21)30-25-14-13-24(31(37)39-4)17-23(25)8-7-10-27(30)26-9-5-6-11-28(26)34/h5-6,9,11-15,17-18,22,32,38H,7-8,10,16,19-20H2,1-4H3. The summed E-state index contributed by atoms with van der Waals surface area (Å²) in [7, 11) is 1.41. The number of esters is 1. The number of carbonyl (C=O) groups excluding carboxylic acids is 1. The summed E-state index contributed by atoms with van der Waals surface area (Å²) in [5, 5.41) is 11.0. The Hall–Kier alpha value is -3.03. The molecule has 1 unspecified atom stereocenters. The summed E-state index contributed by atoms with van der Waals surface area (Å²) in [6, 6.07) is 18.0. The molecule has 2 aliphatic rings. The van der Waals surface area contributed by atoms with Crippen LogP contribution >= 0.6 is 11.6 Å². The van der Waals surface area contributed by atoms with E-state index in [1.165, 1.54) is 7.11 Å². The van der Waals surface area contributed by atoms with E-state index in [-0.39, 0.29) is 11.6 Å². The maximum absolute atomic E-state index is 12.3. The molecule has 3 aromatic rings. The van der Waals surface area contributed by atoms with Crippen LogP contribution in [0.3, 0.4) is 0 Å². The predicted octanol–water partition coefficient (Wildman–Crippen LogP) is 6.38. The topological polar surface area (TPSA) is 71.9 Å². The minimum absolute atomic E-state index is 0.335. The number of aliphatic hydroxyl groups is 1. The molecule has 0 spiro atoms. The molecule has 2 heterocycles. The van der Waals surface area contributed by atoms with Gasteiger partial charge in [0.25, 0.3) is 0 Å². The van der Waals surface area contributed by atoms with Gasteiger partial charge < -0.3 is 14.6 Å². The van der Waals surface area contributed by atoms with Crippen LogP contribution < -0.4 is 0 Å². The fourth-order valence-electron chi connectivity index (χ4n) is 5.64. The molecule has 40 heavy (non-hydrogen) atoms. The second-order valence-corrected chi connectivity index (χ2v) is 12.1. The average Bonchev–Trinajstić information content (AvgIpc) is 3.08. The van der Waals surface area contributed by atoms with E-state index in [0.717, 1.165) is 77.9 Å². The minimum atomic E-state index is -0.873. The third kappa shape index (κ3) is 6.31. The Morgan fingerprint density at radius 3 is 2.55 bits per heavy atom. The first-order valence-electron chi connectivity index (χ1n) is 13.9. The van der Waals surface area contributed by atoms with Crippen molar-refractivity contribution < 1.29 is 19.4 Å². The quantitative estimate of drug-likeness (QED) is 0.267. The lowest BCUT2D eigenvalue weighted by molar-refractivity contribution is -0.261. The number of likely N-dealkylation sites (tertiary alicyclic amines) is 1. The summed E-state index contributed by atoms with van der Waals surface area (Å²) < 4.78 is 10.6. The molecule has 6 nitrogen and oxygen atoms in total. The highest BCUT2D eigenvalue weighted by Gasteiger charge is 2.34. The fourth-order valence-corrected chi connectivity index (χ4v) is 5.89. The van der Waals surface area contributed by atoms with Crippen LogP contribution in [-0.2, 0) is 22.3 Å². The van der Waals surface area contributed by atoms with E-state index in [1.807, 2.05) is 68.3 Å². The van der Waals surface area contributed by atoms with Gasteiger partial charge in [0.15, 0.2) is 0 Å². The Kier molecular flexibility index (Phi) is 8.43. The zero-order valence-electron chi connectivity index (χ0n) is 23.6. The molecule has 210 valence electrons. The number of nitrogens with zero attached hydrogens (tertiary/aromatic N) is 2. The zero-order chi connectivity index (χ0) is 28.4. The number of fused-ring (bicyclic) bond motifs is 1. The van der Waals surface area contributed by atoms with Gasteiger partial charge in [0.2, 0.25) is 6.41 Å². The summed E-state index contributed by atoms with van der Waals surface area (Å²) in [6.07, 6.45) is 4.61. The van der Waals surface area contributed by atoms with Crippen molar-refractivity contribution in [1.82, 2.24) is 9.88 Å². The maximum Gasteiger partial charge on any atom is 0.337 e. The third-order valence-electron chi connectivity index (χ3n) is 7.53. The Bertz CT molecular complexity index is 1400. The number of allylic oxidation sites excluding steroid dienone is 1. The van der Waals surface area contributed by atoms with Gasteiger partial charge in [-0.05, 0) is 104 Å². The lowest BCUT2D eigenvalue weighted by Gasteiger charge is -2.43. The number of aryl methyl sites for hydroxylation is 1. The van der Waals surface area contributed by atoms with Gasteiger partial charge in [0.1, 0.15) is 0 Å². The number of aromatic nitrogens is 1. The van der Waals surface area contributed by atoms with E-state index in [0.29, 0.717) is 16.5 Å². The van der Waals surface area contributed by atoms with E-state index in [2.05, 4.69) is 18.2 Å². The third-order valence-corrected chi connectivity index (χ3v) is 7.86. The van der Waals surface area contributed by atoms with Crippen LogP contribution in [0.5, 0.6) is 0 Å². The largest absolute Gasteiger partial charge is 0.465 e. The lowest BCUT2D eigenvalue weighted by Crippen LogP contribution is -2.55. The van der Waals surface area contributed by atoms with Crippen LogP contribution in [-0.4, -0.2) is 53.2 Å². The summed E-state index contributed by atoms with van der Waals surface area (Å²) >= 11 is 6.70. The van der Waals surface area contributed by atoms with E-state index in [1.54, 1.807) is 0 Å². The highest BCUT2D eigenvalue weighted by molar-refractivity contribution is 6.32. The zero-order valence-corrected chi connectivity index (χ0v) is 24.4. The van der Waals surface area contributed by atoms with Crippen molar-refractivity contribution >= 4 is 28.7 Å². The Labute approximate surface area is 241 Å². The summed E-state index contributed by atoms with van der Waals surface area (Å²) in [5.41, 5.74) is 7.63. The molecule has 1 fully saturated rings. The van der Waals surface area contributed by atoms with Crippen LogP contribution in [0, 0.1) is 5.92 Å².